The predicted molar refractivity (Wildman–Crippen MR) is 113 cm³/mol. The van der Waals surface area contributed by atoms with Crippen LogP contribution < -0.4 is 10.6 Å². The van der Waals surface area contributed by atoms with Crippen LogP contribution in [0.1, 0.15) is 13.3 Å². The number of halogens is 1. The van der Waals surface area contributed by atoms with E-state index in [2.05, 4.69) is 15.5 Å². The van der Waals surface area contributed by atoms with E-state index in [0.29, 0.717) is 13.2 Å². The van der Waals surface area contributed by atoms with Crippen molar-refractivity contribution in [3.63, 3.8) is 0 Å². The molecule has 3 rings (SSSR count). The second kappa shape index (κ2) is 9.71. The largest absolute Gasteiger partial charge is 0.437 e. The van der Waals surface area contributed by atoms with Gasteiger partial charge in [-0.2, -0.15) is 0 Å². The van der Waals surface area contributed by atoms with Gasteiger partial charge in [-0.3, -0.25) is 4.79 Å². The van der Waals surface area contributed by atoms with Gasteiger partial charge in [0.25, 0.3) is 6.57 Å². The number of aliphatic hydroxyl groups is 3. The van der Waals surface area contributed by atoms with Gasteiger partial charge in [0.1, 0.15) is 29.9 Å². The fraction of sp³-hybridized carbons (Fsp3) is 0.789. The first kappa shape index (κ1) is 23.8. The number of hydrogen-bond donors (Lipinski definition) is 5. The topological polar surface area (TPSA) is 125 Å². The highest BCUT2D eigenvalue weighted by Crippen LogP contribution is 2.35. The highest BCUT2D eigenvalue weighted by atomic mass is 35.5. The summed E-state index contributed by atoms with van der Waals surface area (Å²) >= 11 is 7.52. The van der Waals surface area contributed by atoms with Crippen molar-refractivity contribution in [1.29, 1.82) is 0 Å². The number of carbonyl (C=O) groups excluding carboxylic acids is 1. The molecular formula is C19H29ClN3O6S+. The monoisotopic (exact) mass is 462 g/mol. The number of rotatable bonds is 5. The number of hydrogen-bond acceptors (Lipinski definition) is 8. The van der Waals surface area contributed by atoms with Gasteiger partial charge in [-0.25, -0.2) is 5.32 Å². The van der Waals surface area contributed by atoms with Gasteiger partial charge in [-0.1, -0.05) is 12.2 Å². The van der Waals surface area contributed by atoms with Crippen LogP contribution in [0.5, 0.6) is 0 Å². The van der Waals surface area contributed by atoms with E-state index < -0.39 is 58.9 Å². The van der Waals surface area contributed by atoms with Crippen LogP contribution in [0, 0.1) is 12.5 Å². The number of ether oxygens (including phenoxy) is 2. The van der Waals surface area contributed by atoms with Crippen LogP contribution in [-0.2, 0) is 14.3 Å². The van der Waals surface area contributed by atoms with Gasteiger partial charge in [-0.15, -0.1) is 23.4 Å². The first-order valence-electron chi connectivity index (χ1n) is 9.88. The van der Waals surface area contributed by atoms with Gasteiger partial charge >= 0.3 is 11.6 Å². The molecule has 0 saturated carbocycles. The lowest BCUT2D eigenvalue weighted by Gasteiger charge is -2.44. The van der Waals surface area contributed by atoms with Crippen LogP contribution in [0.3, 0.4) is 0 Å². The third-order valence-electron chi connectivity index (χ3n) is 5.99. The number of fused-ring (bicyclic) bond motifs is 1. The second-order valence-corrected chi connectivity index (χ2v) is 9.48. The molecule has 2 saturated heterocycles. The number of amides is 1. The highest BCUT2D eigenvalue weighted by molar-refractivity contribution is 7.99. The Bertz CT molecular complexity index is 704. The zero-order valence-electron chi connectivity index (χ0n) is 16.8. The molecule has 3 unspecified atom stereocenters. The quantitative estimate of drug-likeness (QED) is 0.273. The first-order chi connectivity index (χ1) is 14.3. The minimum Gasteiger partial charge on any atom is -0.388 e. The summed E-state index contributed by atoms with van der Waals surface area (Å²) in [4.78, 5) is 17.2. The molecule has 0 aromatic carbocycles. The summed E-state index contributed by atoms with van der Waals surface area (Å²) in [5, 5.41) is 36.1. The van der Waals surface area contributed by atoms with Crippen LogP contribution >= 0.6 is 23.4 Å². The lowest BCUT2D eigenvalue weighted by molar-refractivity contribution is -0.205. The molecule has 0 spiro atoms. The van der Waals surface area contributed by atoms with Crippen molar-refractivity contribution >= 4 is 29.3 Å². The molecule has 1 amide bonds. The molecular weight excluding hydrogens is 434 g/mol. The lowest BCUT2D eigenvalue weighted by Crippen LogP contribution is -2.67. The average Bonchev–Trinajstić information content (AvgIpc) is 2.91. The van der Waals surface area contributed by atoms with Crippen LogP contribution in [0.25, 0.3) is 4.85 Å². The maximum absolute atomic E-state index is 13.4. The summed E-state index contributed by atoms with van der Waals surface area (Å²) in [6, 6.07) is -0.894. The highest BCUT2D eigenvalue weighted by Gasteiger charge is 2.65. The van der Waals surface area contributed by atoms with E-state index in [-0.39, 0.29) is 5.92 Å². The maximum atomic E-state index is 13.4. The van der Waals surface area contributed by atoms with Gasteiger partial charge in [0.05, 0.1) is 18.0 Å². The third kappa shape index (κ3) is 4.23. The molecule has 0 aliphatic carbocycles. The third-order valence-corrected chi connectivity index (χ3v) is 7.11. The molecule has 3 heterocycles. The minimum atomic E-state index is -1.52. The normalized spacial score (nSPS) is 43.2. The lowest BCUT2D eigenvalue weighted by atomic mass is 9.91. The average molecular weight is 463 g/mol. The van der Waals surface area contributed by atoms with Crippen molar-refractivity contribution in [2.75, 3.05) is 19.4 Å². The van der Waals surface area contributed by atoms with E-state index in [1.165, 1.54) is 11.8 Å². The fourth-order valence-corrected chi connectivity index (χ4v) is 5.16. The maximum Gasteiger partial charge on any atom is 0.437 e. The molecule has 0 bridgehead atoms. The van der Waals surface area contributed by atoms with Crippen molar-refractivity contribution in [3.8, 4) is 6.57 Å². The van der Waals surface area contributed by atoms with Crippen molar-refractivity contribution in [3.05, 3.63) is 17.0 Å². The number of thioether (sulfide) groups is 1. The Balaban J connectivity index is 1.82. The fourth-order valence-electron chi connectivity index (χ4n) is 4.27. The Hall–Kier alpha value is -0.900. The van der Waals surface area contributed by atoms with Gasteiger partial charge in [0, 0.05) is 12.5 Å². The van der Waals surface area contributed by atoms with Gasteiger partial charge in [0.15, 0.2) is 6.10 Å². The number of nitrogens with one attached hydrogen (secondary N) is 2. The smallest absolute Gasteiger partial charge is 0.388 e. The van der Waals surface area contributed by atoms with E-state index in [4.69, 9.17) is 27.6 Å². The number of nitrogens with zero attached hydrogens (tertiary/aromatic N) is 1. The van der Waals surface area contributed by atoms with Crippen molar-refractivity contribution in [2.24, 2.45) is 5.92 Å². The predicted octanol–water partition coefficient (Wildman–Crippen LogP) is -0.507. The zero-order valence-corrected chi connectivity index (χ0v) is 18.4. The molecule has 0 radical (unpaired) electrons. The molecule has 9 nitrogen and oxygen atoms in total. The Labute approximate surface area is 185 Å². The van der Waals surface area contributed by atoms with Crippen LogP contribution in [0.4, 0.5) is 0 Å². The van der Waals surface area contributed by atoms with E-state index in [9.17, 15) is 20.1 Å². The van der Waals surface area contributed by atoms with Gasteiger partial charge in [0.2, 0.25) is 0 Å². The Kier molecular flexibility index (Phi) is 7.69. The molecule has 11 heteroatoms. The zero-order chi connectivity index (χ0) is 22.1. The Morgan fingerprint density at radius 2 is 2.10 bits per heavy atom. The van der Waals surface area contributed by atoms with Crippen molar-refractivity contribution in [2.45, 2.75) is 66.4 Å². The standard InChI is InChI=1S/C19H28ClN3O6S/c1-9(20)11(15-13(25)12(24)14(26)17(29-15)30-3)23-18(27)19(21-2)16-10(8-22-19)6-4-5-7-28-16/h2,4-5,9-17,22,24-26H,6-8H2,1,3H3/p+1/t9-,10+,11+,12?,13?,14+,15+,16+,17?,19-/m0/s1. The SMILES string of the molecule is C#[N+][C@]1(C(=O)N[C@H]([C@H](C)Cl)[C@H]2OC(SC)[C@H](O)C(O)C2O)NC[C@H]2CC=CCO[C@H]21. The summed E-state index contributed by atoms with van der Waals surface area (Å²) in [5.41, 5.74) is -2.31. The summed E-state index contributed by atoms with van der Waals surface area (Å²) in [5.74, 6) is -0.544. The van der Waals surface area contributed by atoms with E-state index >= 15 is 0 Å². The van der Waals surface area contributed by atoms with E-state index in [1.807, 2.05) is 12.2 Å². The Morgan fingerprint density at radius 3 is 2.73 bits per heavy atom. The minimum absolute atomic E-state index is 0.0167. The van der Waals surface area contributed by atoms with Crippen LogP contribution in [0.15, 0.2) is 12.2 Å². The summed E-state index contributed by atoms with van der Waals surface area (Å²) < 4.78 is 11.6. The molecule has 10 atom stereocenters. The Morgan fingerprint density at radius 1 is 1.37 bits per heavy atom. The number of allylic oxidation sites excluding steroid dienone is 1. The molecule has 0 aromatic rings. The van der Waals surface area contributed by atoms with E-state index in [0.717, 1.165) is 6.42 Å². The molecule has 168 valence electrons. The number of alkyl halides is 1. The first-order valence-corrected chi connectivity index (χ1v) is 11.6. The van der Waals surface area contributed by atoms with Crippen LogP contribution in [0.2, 0.25) is 0 Å². The van der Waals surface area contributed by atoms with Crippen molar-refractivity contribution < 1.29 is 29.6 Å². The molecule has 3 aliphatic heterocycles. The molecule has 30 heavy (non-hydrogen) atoms. The second-order valence-electron chi connectivity index (χ2n) is 7.85. The molecule has 2 fully saturated rings. The molecule has 5 N–H and O–H groups in total. The number of carbonyl (C=O) groups is 1. The summed E-state index contributed by atoms with van der Waals surface area (Å²) in [6.45, 7) is 8.15. The molecule has 3 aliphatic rings. The molecule has 0 aromatic heterocycles. The summed E-state index contributed by atoms with van der Waals surface area (Å²) in [7, 11) is 0. The van der Waals surface area contributed by atoms with Crippen LogP contribution in [-0.4, -0.2) is 93.7 Å². The number of aliphatic hydroxyl groups excluding tert-OH is 3. The summed E-state index contributed by atoms with van der Waals surface area (Å²) in [6.07, 6.45) is 0.510. The van der Waals surface area contributed by atoms with E-state index in [1.54, 1.807) is 13.2 Å². The van der Waals surface area contributed by atoms with Crippen molar-refractivity contribution in [1.82, 2.24) is 10.6 Å². The van der Waals surface area contributed by atoms with Gasteiger partial charge in [-0.05, 0) is 24.4 Å². The van der Waals surface area contributed by atoms with Gasteiger partial charge < -0.3 is 30.1 Å².